The smallest absolute Gasteiger partial charge is 0.408 e. The Balaban J connectivity index is 2.15. The summed E-state index contributed by atoms with van der Waals surface area (Å²) >= 11 is 0. The van der Waals surface area contributed by atoms with Crippen LogP contribution in [0.1, 0.15) is 45.7 Å². The van der Waals surface area contributed by atoms with Crippen LogP contribution in [0.25, 0.3) is 0 Å². The van der Waals surface area contributed by atoms with Crippen LogP contribution in [0.3, 0.4) is 0 Å². The minimum atomic E-state index is -4.49. The number of halogens is 3. The Labute approximate surface area is 156 Å². The average molecular weight is 389 g/mol. The normalized spacial score (nSPS) is 22.4. The number of amides is 1. The molecular weight excluding hydrogens is 363 g/mol. The zero-order valence-corrected chi connectivity index (χ0v) is 15.9. The lowest BCUT2D eigenvalue weighted by atomic mass is 10.0. The zero-order valence-electron chi connectivity index (χ0n) is 15.9. The van der Waals surface area contributed by atoms with Crippen molar-refractivity contribution >= 4 is 11.9 Å². The number of pyridine rings is 1. The molecule has 2 heterocycles. The SMILES string of the molecule is CC(C)(C)OC(=O)N[C@]1(C)CCN([C@H](c2ccc(NN)nc2)C(F)(F)F)C1. The van der Waals surface area contributed by atoms with Gasteiger partial charge in [-0.2, -0.15) is 13.2 Å². The monoisotopic (exact) mass is 389 g/mol. The van der Waals surface area contributed by atoms with Crippen molar-refractivity contribution in [3.63, 3.8) is 0 Å². The number of nitrogens with zero attached hydrogens (tertiary/aromatic N) is 2. The first-order chi connectivity index (χ1) is 12.3. The molecule has 1 saturated heterocycles. The molecule has 1 aliphatic rings. The summed E-state index contributed by atoms with van der Waals surface area (Å²) in [5.41, 5.74) is 0.800. The average Bonchev–Trinajstić information content (AvgIpc) is 2.85. The minimum Gasteiger partial charge on any atom is -0.444 e. The van der Waals surface area contributed by atoms with Crippen LogP contribution < -0.4 is 16.6 Å². The molecule has 2 atom stereocenters. The summed E-state index contributed by atoms with van der Waals surface area (Å²) in [6, 6.07) is 0.915. The Morgan fingerprint density at radius 2 is 2.04 bits per heavy atom. The molecule has 0 radical (unpaired) electrons. The number of nitrogens with one attached hydrogen (secondary N) is 2. The standard InChI is InChI=1S/C17H26F3N5O2/c1-15(2,3)27-14(26)23-16(4)7-8-25(10-16)13(17(18,19)20)11-5-6-12(24-21)22-9-11/h5-6,9,13H,7-8,10,21H2,1-4H3,(H,22,24)(H,23,26)/t13-,16-/m1/s1. The van der Waals surface area contributed by atoms with Gasteiger partial charge in [0.2, 0.25) is 0 Å². The number of hydrazine groups is 1. The van der Waals surface area contributed by atoms with Gasteiger partial charge in [-0.1, -0.05) is 6.07 Å². The molecule has 4 N–H and O–H groups in total. The Morgan fingerprint density at radius 1 is 1.37 bits per heavy atom. The molecule has 10 heteroatoms. The van der Waals surface area contributed by atoms with Crippen molar-refractivity contribution in [1.82, 2.24) is 15.2 Å². The van der Waals surface area contributed by atoms with Crippen LogP contribution in [0.2, 0.25) is 0 Å². The number of carbonyl (C=O) groups excluding carboxylic acids is 1. The maximum atomic E-state index is 13.8. The molecule has 152 valence electrons. The highest BCUT2D eigenvalue weighted by Gasteiger charge is 2.49. The van der Waals surface area contributed by atoms with Crippen molar-refractivity contribution in [2.24, 2.45) is 5.84 Å². The van der Waals surface area contributed by atoms with Gasteiger partial charge in [0.05, 0.1) is 5.54 Å². The summed E-state index contributed by atoms with van der Waals surface area (Å²) in [5, 5.41) is 2.71. The van der Waals surface area contributed by atoms with Crippen LogP contribution in [-0.2, 0) is 4.74 Å². The molecule has 1 aromatic rings. The van der Waals surface area contributed by atoms with E-state index in [0.29, 0.717) is 6.42 Å². The fraction of sp³-hybridized carbons (Fsp3) is 0.647. The maximum Gasteiger partial charge on any atom is 0.408 e. The van der Waals surface area contributed by atoms with Gasteiger partial charge >= 0.3 is 12.3 Å². The van der Waals surface area contributed by atoms with Gasteiger partial charge in [0.15, 0.2) is 0 Å². The lowest BCUT2D eigenvalue weighted by Crippen LogP contribution is -2.50. The lowest BCUT2D eigenvalue weighted by molar-refractivity contribution is -0.184. The number of ether oxygens (including phenoxy) is 1. The van der Waals surface area contributed by atoms with E-state index in [1.807, 2.05) is 0 Å². The molecule has 1 aliphatic heterocycles. The van der Waals surface area contributed by atoms with E-state index in [1.54, 1.807) is 27.7 Å². The number of likely N-dealkylation sites (tertiary alicyclic amines) is 1. The van der Waals surface area contributed by atoms with Gasteiger partial charge < -0.3 is 15.5 Å². The van der Waals surface area contributed by atoms with Crippen molar-refractivity contribution in [2.45, 2.75) is 57.5 Å². The first-order valence-electron chi connectivity index (χ1n) is 8.57. The maximum absolute atomic E-state index is 13.8. The van der Waals surface area contributed by atoms with E-state index in [1.165, 1.54) is 17.0 Å². The number of hydrogen-bond acceptors (Lipinski definition) is 6. The molecule has 0 unspecified atom stereocenters. The Bertz CT molecular complexity index is 660. The number of alkyl halides is 3. The molecule has 7 nitrogen and oxygen atoms in total. The molecule has 0 spiro atoms. The van der Waals surface area contributed by atoms with E-state index in [2.05, 4.69) is 15.7 Å². The number of aromatic nitrogens is 1. The summed E-state index contributed by atoms with van der Waals surface area (Å²) in [6.45, 7) is 7.10. The van der Waals surface area contributed by atoms with Gasteiger partial charge in [0, 0.05) is 19.3 Å². The highest BCUT2D eigenvalue weighted by molar-refractivity contribution is 5.68. The highest BCUT2D eigenvalue weighted by Crippen LogP contribution is 2.41. The molecule has 2 rings (SSSR count). The van der Waals surface area contributed by atoms with Crippen LogP contribution in [0.4, 0.5) is 23.8 Å². The van der Waals surface area contributed by atoms with E-state index in [9.17, 15) is 18.0 Å². The van der Waals surface area contributed by atoms with Crippen LogP contribution in [-0.4, -0.2) is 46.4 Å². The predicted octanol–water partition coefficient (Wildman–Crippen LogP) is 2.96. The summed E-state index contributed by atoms with van der Waals surface area (Å²) in [6.07, 6.45) is -3.61. The molecule has 0 aromatic carbocycles. The first-order valence-corrected chi connectivity index (χ1v) is 8.57. The molecule has 27 heavy (non-hydrogen) atoms. The molecular formula is C17H26F3N5O2. The van der Waals surface area contributed by atoms with Crippen molar-refractivity contribution in [2.75, 3.05) is 18.5 Å². The molecule has 1 aromatic heterocycles. The number of rotatable bonds is 4. The van der Waals surface area contributed by atoms with Gasteiger partial charge in [-0.05, 0) is 45.7 Å². The van der Waals surface area contributed by atoms with Gasteiger partial charge in [-0.15, -0.1) is 0 Å². The van der Waals surface area contributed by atoms with E-state index >= 15 is 0 Å². The summed E-state index contributed by atoms with van der Waals surface area (Å²) in [7, 11) is 0. The Kier molecular flexibility index (Phi) is 5.91. The molecule has 1 fully saturated rings. The van der Waals surface area contributed by atoms with Crippen LogP contribution in [0.5, 0.6) is 0 Å². The fourth-order valence-corrected chi connectivity index (χ4v) is 3.13. The Hall–Kier alpha value is -2.07. The summed E-state index contributed by atoms with van der Waals surface area (Å²) in [4.78, 5) is 17.2. The van der Waals surface area contributed by atoms with Crippen molar-refractivity contribution in [3.8, 4) is 0 Å². The third-order valence-corrected chi connectivity index (χ3v) is 4.23. The number of alkyl carbamates (subject to hydrolysis) is 1. The molecule has 0 aliphatic carbocycles. The number of nitrogen functional groups attached to an aromatic ring is 1. The van der Waals surface area contributed by atoms with Gasteiger partial charge in [0.1, 0.15) is 17.5 Å². The van der Waals surface area contributed by atoms with Crippen LogP contribution >= 0.6 is 0 Å². The molecule has 1 amide bonds. The van der Waals surface area contributed by atoms with Gasteiger partial charge in [0.25, 0.3) is 0 Å². The third-order valence-electron chi connectivity index (χ3n) is 4.23. The zero-order chi connectivity index (χ0) is 20.5. The number of anilines is 1. The van der Waals surface area contributed by atoms with Crippen LogP contribution in [0, 0.1) is 0 Å². The van der Waals surface area contributed by atoms with Crippen LogP contribution in [0.15, 0.2) is 18.3 Å². The second-order valence-electron chi connectivity index (χ2n) is 7.97. The van der Waals surface area contributed by atoms with Gasteiger partial charge in [-0.3, -0.25) is 4.90 Å². The quantitative estimate of drug-likeness (QED) is 0.542. The largest absolute Gasteiger partial charge is 0.444 e. The van der Waals surface area contributed by atoms with Crippen molar-refractivity contribution in [3.05, 3.63) is 23.9 Å². The minimum absolute atomic E-state index is 0.0167. The molecule has 0 bridgehead atoms. The summed E-state index contributed by atoms with van der Waals surface area (Å²) in [5.74, 6) is 5.49. The highest BCUT2D eigenvalue weighted by atomic mass is 19.4. The second kappa shape index (κ2) is 7.51. The number of hydrogen-bond donors (Lipinski definition) is 3. The third kappa shape index (κ3) is 5.70. The number of nitrogens with two attached hydrogens (primary N) is 1. The fourth-order valence-electron chi connectivity index (χ4n) is 3.13. The summed E-state index contributed by atoms with van der Waals surface area (Å²) < 4.78 is 46.5. The van der Waals surface area contributed by atoms with Crippen molar-refractivity contribution in [1.29, 1.82) is 0 Å². The second-order valence-corrected chi connectivity index (χ2v) is 7.97. The van der Waals surface area contributed by atoms with E-state index in [-0.39, 0.29) is 24.5 Å². The topological polar surface area (TPSA) is 92.5 Å². The lowest BCUT2D eigenvalue weighted by Gasteiger charge is -2.32. The van der Waals surface area contributed by atoms with Crippen molar-refractivity contribution < 1.29 is 22.7 Å². The van der Waals surface area contributed by atoms with E-state index in [4.69, 9.17) is 10.6 Å². The van der Waals surface area contributed by atoms with E-state index in [0.717, 1.165) is 6.20 Å². The number of carbonyl (C=O) groups is 1. The van der Waals surface area contributed by atoms with E-state index < -0.39 is 29.5 Å². The first kappa shape index (κ1) is 21.2. The Morgan fingerprint density at radius 3 is 2.52 bits per heavy atom. The molecule has 0 saturated carbocycles. The van der Waals surface area contributed by atoms with Gasteiger partial charge in [-0.25, -0.2) is 15.6 Å². The predicted molar refractivity (Wildman–Crippen MR) is 94.8 cm³/mol.